The van der Waals surface area contributed by atoms with E-state index >= 15 is 0 Å². The molecule has 1 atom stereocenters. The molecule has 0 aliphatic heterocycles. The van der Waals surface area contributed by atoms with Crippen LogP contribution in [0.5, 0.6) is 0 Å². The van der Waals surface area contributed by atoms with Gasteiger partial charge in [0.1, 0.15) is 5.82 Å². The summed E-state index contributed by atoms with van der Waals surface area (Å²) in [5, 5.41) is 0. The number of benzene rings is 1. The van der Waals surface area contributed by atoms with Crippen LogP contribution >= 0.6 is 12.4 Å². The maximum absolute atomic E-state index is 13.2. The van der Waals surface area contributed by atoms with Gasteiger partial charge < -0.3 is 5.73 Å². The number of rotatable bonds is 3. The Bertz CT molecular complexity index is 366. The molecule has 0 aliphatic carbocycles. The van der Waals surface area contributed by atoms with Crippen LogP contribution in [0.25, 0.3) is 0 Å². The Morgan fingerprint density at radius 3 is 2.29 bits per heavy atom. The smallest absolute Gasteiger partial charge is 0.324 e. The summed E-state index contributed by atoms with van der Waals surface area (Å²) in [6.07, 6.45) is -4.77. The average Bonchev–Trinajstić information content (AvgIpc) is 2.16. The molecule has 0 spiro atoms. The van der Waals surface area contributed by atoms with Crippen LogP contribution in [0.1, 0.15) is 23.6 Å². The molecule has 0 amide bonds. The molecule has 17 heavy (non-hydrogen) atoms. The second-order valence-electron chi connectivity index (χ2n) is 3.32. The van der Waals surface area contributed by atoms with Crippen LogP contribution in [0.2, 0.25) is 0 Å². The minimum atomic E-state index is -4.56. The fourth-order valence-corrected chi connectivity index (χ4v) is 1.28. The first-order valence-electron chi connectivity index (χ1n) is 4.54. The second-order valence-corrected chi connectivity index (χ2v) is 3.32. The molecule has 0 radical (unpaired) electrons. The number of hydrogen-bond donors (Lipinski definition) is 1. The summed E-state index contributed by atoms with van der Waals surface area (Å²) in [4.78, 5) is 0. The standard InChI is InChI=1S/C10H10F5N.ClH/c11-4-3-9(16)7-5-6(10(13,14)15)1-2-8(7)12;/h1-2,5,9H,3-4,16H2;1H/t9-;/m1./s1. The predicted octanol–water partition coefficient (Wildman–Crippen LogP) is 3.63. The molecule has 0 fully saturated rings. The monoisotopic (exact) mass is 275 g/mol. The van der Waals surface area contributed by atoms with E-state index in [2.05, 4.69) is 0 Å². The van der Waals surface area contributed by atoms with Gasteiger partial charge in [-0.1, -0.05) is 0 Å². The Labute approximate surface area is 101 Å². The van der Waals surface area contributed by atoms with E-state index in [4.69, 9.17) is 5.73 Å². The van der Waals surface area contributed by atoms with Crippen LogP contribution in [0.4, 0.5) is 22.0 Å². The van der Waals surface area contributed by atoms with Crippen molar-refractivity contribution in [2.75, 3.05) is 6.67 Å². The Morgan fingerprint density at radius 1 is 1.24 bits per heavy atom. The van der Waals surface area contributed by atoms with E-state index in [1.54, 1.807) is 0 Å². The fraction of sp³-hybridized carbons (Fsp3) is 0.400. The molecule has 1 rings (SSSR count). The maximum Gasteiger partial charge on any atom is 0.416 e. The van der Waals surface area contributed by atoms with Gasteiger partial charge in [-0.05, 0) is 24.6 Å². The van der Waals surface area contributed by atoms with Gasteiger partial charge in [0, 0.05) is 11.6 Å². The lowest BCUT2D eigenvalue weighted by Gasteiger charge is -2.14. The van der Waals surface area contributed by atoms with Crippen LogP contribution < -0.4 is 5.73 Å². The molecule has 0 aromatic heterocycles. The molecule has 1 aromatic carbocycles. The Hall–Kier alpha value is -0.880. The van der Waals surface area contributed by atoms with Gasteiger partial charge in [-0.15, -0.1) is 12.4 Å². The molecule has 1 nitrogen and oxygen atoms in total. The zero-order valence-electron chi connectivity index (χ0n) is 8.60. The molecule has 7 heteroatoms. The van der Waals surface area contributed by atoms with E-state index in [0.29, 0.717) is 18.2 Å². The van der Waals surface area contributed by atoms with Crippen LogP contribution in [0, 0.1) is 5.82 Å². The maximum atomic E-state index is 13.2. The number of nitrogens with two attached hydrogens (primary N) is 1. The third-order valence-corrected chi connectivity index (χ3v) is 2.14. The van der Waals surface area contributed by atoms with E-state index in [9.17, 15) is 22.0 Å². The summed E-state index contributed by atoms with van der Waals surface area (Å²) < 4.78 is 62.1. The number of hydrogen-bond acceptors (Lipinski definition) is 1. The molecule has 0 heterocycles. The first-order valence-corrected chi connectivity index (χ1v) is 4.54. The quantitative estimate of drug-likeness (QED) is 0.838. The molecular weight excluding hydrogens is 265 g/mol. The van der Waals surface area contributed by atoms with Gasteiger partial charge in [0.05, 0.1) is 12.2 Å². The zero-order valence-corrected chi connectivity index (χ0v) is 9.42. The highest BCUT2D eigenvalue weighted by molar-refractivity contribution is 5.85. The van der Waals surface area contributed by atoms with Gasteiger partial charge in [0.15, 0.2) is 0 Å². The summed E-state index contributed by atoms with van der Waals surface area (Å²) in [6.45, 7) is -0.809. The summed E-state index contributed by atoms with van der Waals surface area (Å²) in [5.74, 6) is -0.853. The molecule has 0 saturated heterocycles. The van der Waals surface area contributed by atoms with Crippen molar-refractivity contribution in [1.29, 1.82) is 0 Å². The van der Waals surface area contributed by atoms with Gasteiger partial charge in [-0.25, -0.2) is 4.39 Å². The molecular formula is C10H11ClF5N. The molecule has 98 valence electrons. The van der Waals surface area contributed by atoms with E-state index in [0.717, 1.165) is 0 Å². The first kappa shape index (κ1) is 16.1. The van der Waals surface area contributed by atoms with E-state index in [1.807, 2.05) is 0 Å². The van der Waals surface area contributed by atoms with Crippen LogP contribution in [-0.4, -0.2) is 6.67 Å². The summed E-state index contributed by atoms with van der Waals surface area (Å²) in [7, 11) is 0. The van der Waals surface area contributed by atoms with E-state index in [-0.39, 0.29) is 24.4 Å². The van der Waals surface area contributed by atoms with Crippen molar-refractivity contribution in [1.82, 2.24) is 0 Å². The van der Waals surface area contributed by atoms with E-state index in [1.165, 1.54) is 0 Å². The minimum absolute atomic E-state index is 0. The van der Waals surface area contributed by atoms with Crippen molar-refractivity contribution in [3.63, 3.8) is 0 Å². The SMILES string of the molecule is Cl.N[C@H](CCF)c1cc(C(F)(F)F)ccc1F. The Balaban J connectivity index is 0.00000256. The molecule has 0 saturated carbocycles. The van der Waals surface area contributed by atoms with Crippen molar-refractivity contribution in [3.05, 3.63) is 35.1 Å². The zero-order chi connectivity index (χ0) is 12.3. The van der Waals surface area contributed by atoms with Crippen molar-refractivity contribution < 1.29 is 22.0 Å². The van der Waals surface area contributed by atoms with Gasteiger partial charge in [-0.3, -0.25) is 4.39 Å². The van der Waals surface area contributed by atoms with Crippen molar-refractivity contribution in [2.45, 2.75) is 18.6 Å². The normalized spacial score (nSPS) is 13.1. The number of alkyl halides is 4. The second kappa shape index (κ2) is 6.16. The molecule has 2 N–H and O–H groups in total. The van der Waals surface area contributed by atoms with Gasteiger partial charge in [0.2, 0.25) is 0 Å². The van der Waals surface area contributed by atoms with Gasteiger partial charge in [-0.2, -0.15) is 13.2 Å². The summed E-state index contributed by atoms with van der Waals surface area (Å²) in [6, 6.07) is 0.875. The molecule has 0 unspecified atom stereocenters. The number of halogens is 6. The van der Waals surface area contributed by atoms with E-state index < -0.39 is 30.3 Å². The molecule has 1 aromatic rings. The van der Waals surface area contributed by atoms with Gasteiger partial charge in [0.25, 0.3) is 0 Å². The highest BCUT2D eigenvalue weighted by atomic mass is 35.5. The fourth-order valence-electron chi connectivity index (χ4n) is 1.28. The predicted molar refractivity (Wildman–Crippen MR) is 56.2 cm³/mol. The van der Waals surface area contributed by atoms with Crippen molar-refractivity contribution >= 4 is 12.4 Å². The van der Waals surface area contributed by atoms with Gasteiger partial charge >= 0.3 is 6.18 Å². The van der Waals surface area contributed by atoms with Crippen molar-refractivity contribution in [3.8, 4) is 0 Å². The lowest BCUT2D eigenvalue weighted by molar-refractivity contribution is -0.137. The summed E-state index contributed by atoms with van der Waals surface area (Å²) in [5.41, 5.74) is 4.07. The Kier molecular flexibility index (Phi) is 5.84. The third-order valence-electron chi connectivity index (χ3n) is 2.14. The van der Waals surface area contributed by atoms with Crippen LogP contribution in [-0.2, 0) is 6.18 Å². The first-order chi connectivity index (χ1) is 7.36. The lowest BCUT2D eigenvalue weighted by Crippen LogP contribution is -2.15. The molecule has 0 aliphatic rings. The minimum Gasteiger partial charge on any atom is -0.324 e. The Morgan fingerprint density at radius 2 is 1.82 bits per heavy atom. The largest absolute Gasteiger partial charge is 0.416 e. The third kappa shape index (κ3) is 4.12. The highest BCUT2D eigenvalue weighted by Gasteiger charge is 2.31. The van der Waals surface area contributed by atoms with Crippen LogP contribution in [0.15, 0.2) is 18.2 Å². The molecule has 0 bridgehead atoms. The lowest BCUT2D eigenvalue weighted by atomic mass is 10.0. The van der Waals surface area contributed by atoms with Crippen LogP contribution in [0.3, 0.4) is 0 Å². The highest BCUT2D eigenvalue weighted by Crippen LogP contribution is 2.31. The van der Waals surface area contributed by atoms with Crippen molar-refractivity contribution in [2.24, 2.45) is 5.73 Å². The average molecular weight is 276 g/mol. The summed E-state index contributed by atoms with van der Waals surface area (Å²) >= 11 is 0. The topological polar surface area (TPSA) is 26.0 Å².